The van der Waals surface area contributed by atoms with E-state index < -0.39 is 4.92 Å². The van der Waals surface area contributed by atoms with Crippen molar-refractivity contribution in [1.82, 2.24) is 14.8 Å². The third-order valence-electron chi connectivity index (χ3n) is 3.25. The highest BCUT2D eigenvalue weighted by atomic mass is 16.6. The lowest BCUT2D eigenvalue weighted by atomic mass is 10.0. The Bertz CT molecular complexity index is 685. The maximum absolute atomic E-state index is 10.8. The average Bonchev–Trinajstić information content (AvgIpc) is 2.82. The molecule has 0 saturated carbocycles. The molecule has 2 rings (SSSR count). The van der Waals surface area contributed by atoms with Gasteiger partial charge in [0.2, 0.25) is 0 Å². The van der Waals surface area contributed by atoms with E-state index in [1.54, 1.807) is 12.1 Å². The van der Waals surface area contributed by atoms with Crippen LogP contribution in [0.2, 0.25) is 0 Å². The Morgan fingerprint density at radius 1 is 1.33 bits per heavy atom. The van der Waals surface area contributed by atoms with E-state index in [9.17, 15) is 10.1 Å². The predicted octanol–water partition coefficient (Wildman–Crippen LogP) is 2.38. The van der Waals surface area contributed by atoms with E-state index in [4.69, 9.17) is 5.73 Å². The second-order valence-electron chi connectivity index (χ2n) is 5.91. The molecule has 2 aromatic rings. The van der Waals surface area contributed by atoms with Crippen LogP contribution in [0.15, 0.2) is 18.2 Å². The summed E-state index contributed by atoms with van der Waals surface area (Å²) in [6.07, 6.45) is 0. The summed E-state index contributed by atoms with van der Waals surface area (Å²) in [5, 5.41) is 19.2. The smallest absolute Gasteiger partial charge is 0.269 e. The molecule has 0 fully saturated rings. The van der Waals surface area contributed by atoms with Crippen molar-refractivity contribution in [2.45, 2.75) is 39.8 Å². The molecule has 1 heterocycles. The van der Waals surface area contributed by atoms with Gasteiger partial charge in [-0.05, 0) is 39.3 Å². The highest BCUT2D eigenvalue weighted by Crippen LogP contribution is 2.30. The molecule has 0 aliphatic rings. The SMILES string of the molecule is Cc1cc([N+](=O)[O-])ccc1-c1nnc(CN)n1C(C)(C)C. The van der Waals surface area contributed by atoms with E-state index in [1.807, 2.05) is 32.3 Å². The van der Waals surface area contributed by atoms with Crippen LogP contribution >= 0.6 is 0 Å². The summed E-state index contributed by atoms with van der Waals surface area (Å²) in [5.74, 6) is 1.37. The van der Waals surface area contributed by atoms with Gasteiger partial charge in [-0.25, -0.2) is 0 Å². The van der Waals surface area contributed by atoms with Crippen molar-refractivity contribution < 1.29 is 4.92 Å². The van der Waals surface area contributed by atoms with Gasteiger partial charge in [0.05, 0.1) is 11.5 Å². The van der Waals surface area contributed by atoms with Crippen molar-refractivity contribution in [3.63, 3.8) is 0 Å². The third-order valence-corrected chi connectivity index (χ3v) is 3.25. The Morgan fingerprint density at radius 3 is 2.48 bits per heavy atom. The Balaban J connectivity index is 2.63. The van der Waals surface area contributed by atoms with Crippen LogP contribution in [0, 0.1) is 17.0 Å². The first-order valence-corrected chi connectivity index (χ1v) is 6.66. The molecule has 1 aromatic carbocycles. The van der Waals surface area contributed by atoms with Crippen LogP contribution in [-0.4, -0.2) is 19.7 Å². The molecule has 0 spiro atoms. The fourth-order valence-electron chi connectivity index (χ4n) is 2.34. The molecule has 112 valence electrons. The van der Waals surface area contributed by atoms with Crippen molar-refractivity contribution in [3.05, 3.63) is 39.7 Å². The lowest BCUT2D eigenvalue weighted by molar-refractivity contribution is -0.384. The van der Waals surface area contributed by atoms with Crippen LogP contribution in [0.25, 0.3) is 11.4 Å². The lowest BCUT2D eigenvalue weighted by Gasteiger charge is -2.25. The van der Waals surface area contributed by atoms with Crippen LogP contribution in [0.3, 0.4) is 0 Å². The van der Waals surface area contributed by atoms with Crippen molar-refractivity contribution in [2.24, 2.45) is 5.73 Å². The Labute approximate surface area is 122 Å². The first-order chi connectivity index (χ1) is 9.75. The van der Waals surface area contributed by atoms with Crippen LogP contribution in [0.4, 0.5) is 5.69 Å². The van der Waals surface area contributed by atoms with Gasteiger partial charge in [-0.1, -0.05) is 0 Å². The molecule has 0 aliphatic carbocycles. The maximum atomic E-state index is 10.8. The minimum Gasteiger partial charge on any atom is -0.324 e. The molecule has 0 amide bonds. The highest BCUT2D eigenvalue weighted by molar-refractivity contribution is 5.63. The second-order valence-corrected chi connectivity index (χ2v) is 5.91. The summed E-state index contributed by atoms with van der Waals surface area (Å²) >= 11 is 0. The van der Waals surface area contributed by atoms with E-state index in [1.165, 1.54) is 6.07 Å². The van der Waals surface area contributed by atoms with Crippen molar-refractivity contribution in [3.8, 4) is 11.4 Å². The van der Waals surface area contributed by atoms with E-state index in [0.29, 0.717) is 11.6 Å². The van der Waals surface area contributed by atoms with E-state index in [0.717, 1.165) is 11.1 Å². The number of nitro benzene ring substituents is 1. The topological polar surface area (TPSA) is 99.9 Å². The Morgan fingerprint density at radius 2 is 2.00 bits per heavy atom. The summed E-state index contributed by atoms with van der Waals surface area (Å²) in [5.41, 5.74) is 7.17. The van der Waals surface area contributed by atoms with Gasteiger partial charge in [0.1, 0.15) is 5.82 Å². The minimum atomic E-state index is -0.406. The Hall–Kier alpha value is -2.28. The van der Waals surface area contributed by atoms with Gasteiger partial charge in [-0.15, -0.1) is 10.2 Å². The van der Waals surface area contributed by atoms with Gasteiger partial charge in [0.25, 0.3) is 5.69 Å². The standard InChI is InChI=1S/C14H19N5O2/c1-9-7-10(19(20)21)5-6-11(9)13-17-16-12(8-15)18(13)14(2,3)4/h5-7H,8,15H2,1-4H3. The van der Waals surface area contributed by atoms with E-state index in [-0.39, 0.29) is 17.8 Å². The zero-order valence-corrected chi connectivity index (χ0v) is 12.6. The van der Waals surface area contributed by atoms with Gasteiger partial charge in [-0.2, -0.15) is 0 Å². The largest absolute Gasteiger partial charge is 0.324 e. The third kappa shape index (κ3) is 2.78. The summed E-state index contributed by atoms with van der Waals surface area (Å²) in [6, 6.07) is 4.73. The summed E-state index contributed by atoms with van der Waals surface area (Å²) in [4.78, 5) is 10.4. The van der Waals surface area contributed by atoms with Gasteiger partial charge in [-0.3, -0.25) is 10.1 Å². The summed E-state index contributed by atoms with van der Waals surface area (Å²) in [6.45, 7) is 8.24. The van der Waals surface area contributed by atoms with Gasteiger partial charge in [0, 0.05) is 23.2 Å². The number of hydrogen-bond acceptors (Lipinski definition) is 5. The van der Waals surface area contributed by atoms with Crippen LogP contribution in [0.1, 0.15) is 32.2 Å². The van der Waals surface area contributed by atoms with Crippen LogP contribution < -0.4 is 5.73 Å². The fourth-order valence-corrected chi connectivity index (χ4v) is 2.34. The normalized spacial score (nSPS) is 11.7. The first-order valence-electron chi connectivity index (χ1n) is 6.66. The zero-order chi connectivity index (χ0) is 15.8. The molecular formula is C14H19N5O2. The number of rotatable bonds is 3. The summed E-state index contributed by atoms with van der Waals surface area (Å²) in [7, 11) is 0. The number of nitrogens with zero attached hydrogens (tertiary/aromatic N) is 4. The van der Waals surface area contributed by atoms with Crippen molar-refractivity contribution in [1.29, 1.82) is 0 Å². The minimum absolute atomic E-state index is 0.0668. The number of hydrogen-bond donors (Lipinski definition) is 1. The quantitative estimate of drug-likeness (QED) is 0.690. The number of aromatic nitrogens is 3. The fraction of sp³-hybridized carbons (Fsp3) is 0.429. The number of aryl methyl sites for hydroxylation is 1. The zero-order valence-electron chi connectivity index (χ0n) is 12.6. The maximum Gasteiger partial charge on any atom is 0.269 e. The molecule has 2 N–H and O–H groups in total. The van der Waals surface area contributed by atoms with Crippen molar-refractivity contribution >= 4 is 5.69 Å². The molecule has 1 aromatic heterocycles. The molecule has 0 atom stereocenters. The molecule has 0 bridgehead atoms. The van der Waals surface area contributed by atoms with E-state index >= 15 is 0 Å². The first kappa shape index (κ1) is 15.1. The van der Waals surface area contributed by atoms with Gasteiger partial charge >= 0.3 is 0 Å². The monoisotopic (exact) mass is 289 g/mol. The molecular weight excluding hydrogens is 270 g/mol. The van der Waals surface area contributed by atoms with Gasteiger partial charge in [0.15, 0.2) is 5.82 Å². The number of benzene rings is 1. The Kier molecular flexibility index (Phi) is 3.78. The van der Waals surface area contributed by atoms with Crippen molar-refractivity contribution in [2.75, 3.05) is 0 Å². The molecule has 0 aliphatic heterocycles. The molecule has 7 heteroatoms. The van der Waals surface area contributed by atoms with Crippen LogP contribution in [0.5, 0.6) is 0 Å². The van der Waals surface area contributed by atoms with Crippen LogP contribution in [-0.2, 0) is 12.1 Å². The molecule has 21 heavy (non-hydrogen) atoms. The van der Waals surface area contributed by atoms with Gasteiger partial charge < -0.3 is 10.3 Å². The molecule has 0 radical (unpaired) electrons. The molecule has 7 nitrogen and oxygen atoms in total. The summed E-state index contributed by atoms with van der Waals surface area (Å²) < 4.78 is 1.97. The average molecular weight is 289 g/mol. The molecule has 0 unspecified atom stereocenters. The van der Waals surface area contributed by atoms with E-state index in [2.05, 4.69) is 10.2 Å². The molecule has 0 saturated heterocycles. The number of nitro groups is 1. The highest BCUT2D eigenvalue weighted by Gasteiger charge is 2.24. The lowest BCUT2D eigenvalue weighted by Crippen LogP contribution is -2.26. The second kappa shape index (κ2) is 5.25. The number of nitrogens with two attached hydrogens (primary N) is 1. The number of non-ortho nitro benzene ring substituents is 1. The predicted molar refractivity (Wildman–Crippen MR) is 79.7 cm³/mol.